The summed E-state index contributed by atoms with van der Waals surface area (Å²) in [6, 6.07) is 5.47. The Labute approximate surface area is 179 Å². The first-order valence-electron chi connectivity index (χ1n) is 10.5. The van der Waals surface area contributed by atoms with Gasteiger partial charge in [0.15, 0.2) is 0 Å². The molecule has 30 heavy (non-hydrogen) atoms. The maximum absolute atomic E-state index is 9.07. The van der Waals surface area contributed by atoms with Gasteiger partial charge in [0.05, 0.1) is 11.8 Å². The largest absolute Gasteiger partial charge is 0.361 e. The Hall–Kier alpha value is -2.34. The predicted octanol–water partition coefficient (Wildman–Crippen LogP) is 3.72. The van der Waals surface area contributed by atoms with Crippen molar-refractivity contribution in [3.63, 3.8) is 0 Å². The highest BCUT2D eigenvalue weighted by Crippen LogP contribution is 2.27. The van der Waals surface area contributed by atoms with E-state index in [0.717, 1.165) is 48.0 Å². The summed E-state index contributed by atoms with van der Waals surface area (Å²) in [5.41, 5.74) is 2.67. The summed E-state index contributed by atoms with van der Waals surface area (Å²) >= 11 is 0. The van der Waals surface area contributed by atoms with E-state index in [-0.39, 0.29) is 5.41 Å². The Kier molecular flexibility index (Phi) is 7.18. The number of allylic oxidation sites excluding steroid dienone is 2. The van der Waals surface area contributed by atoms with Crippen molar-refractivity contribution < 1.29 is 4.74 Å². The lowest BCUT2D eigenvalue weighted by Crippen LogP contribution is -2.55. The average molecular weight is 425 g/mol. The van der Waals surface area contributed by atoms with E-state index in [0.29, 0.717) is 19.7 Å². The van der Waals surface area contributed by atoms with Gasteiger partial charge in [0, 0.05) is 69.5 Å². The zero-order valence-corrected chi connectivity index (χ0v) is 19.5. The molecule has 1 fully saturated rings. The van der Waals surface area contributed by atoms with Gasteiger partial charge in [-0.25, -0.2) is 9.97 Å². The summed E-state index contributed by atoms with van der Waals surface area (Å²) in [5.74, 6) is 0. The monoisotopic (exact) mass is 424 g/mol. The predicted molar refractivity (Wildman–Crippen MR) is 124 cm³/mol. The first-order valence-corrected chi connectivity index (χ1v) is 14.2. The van der Waals surface area contributed by atoms with Crippen LogP contribution in [0.2, 0.25) is 25.7 Å². The molecule has 1 N–H and O–H groups in total. The van der Waals surface area contributed by atoms with Crippen LogP contribution >= 0.6 is 0 Å². The van der Waals surface area contributed by atoms with Crippen LogP contribution in [0.4, 0.5) is 0 Å². The molecular formula is C22H32N6OSi. The lowest BCUT2D eigenvalue weighted by atomic mass is 9.79. The zero-order chi connectivity index (χ0) is 21.6. The molecule has 3 rings (SSSR count). The second-order valence-corrected chi connectivity index (χ2v) is 14.9. The molecular weight excluding hydrogens is 392 g/mol. The van der Waals surface area contributed by atoms with Crippen LogP contribution in [0, 0.1) is 16.7 Å². The van der Waals surface area contributed by atoms with Gasteiger partial charge in [0.25, 0.3) is 0 Å². The van der Waals surface area contributed by atoms with Gasteiger partial charge in [0.1, 0.15) is 18.7 Å². The summed E-state index contributed by atoms with van der Waals surface area (Å²) in [5, 5.41) is 13.3. The number of fused-ring (bicyclic) bond motifs is 1. The molecule has 0 atom stereocenters. The van der Waals surface area contributed by atoms with E-state index >= 15 is 0 Å². The average Bonchev–Trinajstić information content (AvgIpc) is 3.09. The molecule has 8 heteroatoms. The Balaban J connectivity index is 1.71. The Morgan fingerprint density at radius 3 is 2.83 bits per heavy atom. The first-order chi connectivity index (χ1) is 14.4. The molecule has 0 aromatic carbocycles. The van der Waals surface area contributed by atoms with Crippen LogP contribution in [-0.4, -0.2) is 55.1 Å². The molecule has 0 radical (unpaired) electrons. The van der Waals surface area contributed by atoms with E-state index in [4.69, 9.17) is 10.00 Å². The number of aromatic nitrogens is 3. The maximum atomic E-state index is 9.07. The van der Waals surface area contributed by atoms with Crippen LogP contribution in [0.15, 0.2) is 29.7 Å². The highest BCUT2D eigenvalue weighted by atomic mass is 28.3. The molecule has 1 aliphatic rings. The number of nitriles is 1. The van der Waals surface area contributed by atoms with Crippen LogP contribution in [0.5, 0.6) is 0 Å². The maximum Gasteiger partial charge on any atom is 0.145 e. The summed E-state index contributed by atoms with van der Waals surface area (Å²) in [6.07, 6.45) is 8.02. The van der Waals surface area contributed by atoms with Crippen LogP contribution < -0.4 is 5.32 Å². The molecule has 0 bridgehead atoms. The molecule has 0 unspecified atom stereocenters. The van der Waals surface area contributed by atoms with Crippen LogP contribution in [0.25, 0.3) is 16.6 Å². The van der Waals surface area contributed by atoms with Gasteiger partial charge in [-0.1, -0.05) is 25.7 Å². The molecule has 0 aliphatic carbocycles. The number of aliphatic imine (C=N–C) groups is 1. The van der Waals surface area contributed by atoms with Gasteiger partial charge in [-0.3, -0.25) is 4.99 Å². The lowest BCUT2D eigenvalue weighted by molar-refractivity contribution is 0.0899. The van der Waals surface area contributed by atoms with E-state index in [1.54, 1.807) is 6.33 Å². The Morgan fingerprint density at radius 2 is 2.20 bits per heavy atom. The fourth-order valence-electron chi connectivity index (χ4n) is 3.43. The molecule has 0 spiro atoms. The topological polar surface area (TPSA) is 88.1 Å². The minimum Gasteiger partial charge on any atom is -0.361 e. The number of nitrogens with zero attached hydrogens (tertiary/aromatic N) is 5. The smallest absolute Gasteiger partial charge is 0.145 e. The van der Waals surface area contributed by atoms with Crippen LogP contribution in [0.3, 0.4) is 0 Å². The number of hydrogen-bond donors (Lipinski definition) is 1. The van der Waals surface area contributed by atoms with Crippen molar-refractivity contribution in [2.24, 2.45) is 10.4 Å². The molecule has 0 amide bonds. The molecule has 160 valence electrons. The molecule has 3 heterocycles. The Bertz CT molecular complexity index is 962. The second kappa shape index (κ2) is 9.64. The molecule has 0 saturated carbocycles. The third-order valence-electron chi connectivity index (χ3n) is 5.48. The summed E-state index contributed by atoms with van der Waals surface area (Å²) < 4.78 is 7.92. The van der Waals surface area contributed by atoms with Crippen molar-refractivity contribution in [1.29, 1.82) is 5.26 Å². The number of nitrogens with one attached hydrogen (secondary N) is 1. The third-order valence-corrected chi connectivity index (χ3v) is 7.18. The second-order valence-electron chi connectivity index (χ2n) is 9.25. The summed E-state index contributed by atoms with van der Waals surface area (Å²) in [6.45, 7) is 12.7. The fourth-order valence-corrected chi connectivity index (χ4v) is 4.18. The summed E-state index contributed by atoms with van der Waals surface area (Å²) in [7, 11) is -1.10. The molecule has 1 saturated heterocycles. The lowest BCUT2D eigenvalue weighted by Gasteiger charge is -2.39. The van der Waals surface area contributed by atoms with Gasteiger partial charge in [0.2, 0.25) is 0 Å². The quantitative estimate of drug-likeness (QED) is 0.357. The van der Waals surface area contributed by atoms with Crippen molar-refractivity contribution in [1.82, 2.24) is 19.9 Å². The molecule has 1 aliphatic heterocycles. The highest BCUT2D eigenvalue weighted by Gasteiger charge is 2.36. The van der Waals surface area contributed by atoms with Crippen molar-refractivity contribution >= 4 is 30.9 Å². The fraction of sp³-hybridized carbons (Fsp3) is 0.545. The van der Waals surface area contributed by atoms with Gasteiger partial charge >= 0.3 is 0 Å². The summed E-state index contributed by atoms with van der Waals surface area (Å²) in [4.78, 5) is 13.7. The Morgan fingerprint density at radius 1 is 1.40 bits per heavy atom. The van der Waals surface area contributed by atoms with E-state index in [9.17, 15) is 0 Å². The van der Waals surface area contributed by atoms with Crippen LogP contribution in [-0.2, 0) is 11.5 Å². The van der Waals surface area contributed by atoms with Crippen LogP contribution in [0.1, 0.15) is 19.0 Å². The van der Waals surface area contributed by atoms with Gasteiger partial charge in [-0.05, 0) is 19.0 Å². The first kappa shape index (κ1) is 22.3. The van der Waals surface area contributed by atoms with Gasteiger partial charge in [-0.2, -0.15) is 5.26 Å². The zero-order valence-electron chi connectivity index (χ0n) is 18.5. The van der Waals surface area contributed by atoms with E-state index in [1.165, 1.54) is 0 Å². The molecule has 7 nitrogen and oxygen atoms in total. The van der Waals surface area contributed by atoms with E-state index in [2.05, 4.69) is 46.0 Å². The number of ether oxygens (including phenoxy) is 1. The normalized spacial score (nSPS) is 16.7. The van der Waals surface area contributed by atoms with Crippen molar-refractivity contribution in [2.45, 2.75) is 45.8 Å². The highest BCUT2D eigenvalue weighted by molar-refractivity contribution is 6.76. The number of hydrogen-bond acceptors (Lipinski definition) is 6. The van der Waals surface area contributed by atoms with Gasteiger partial charge in [-0.15, -0.1) is 0 Å². The molecule has 2 aromatic heterocycles. The van der Waals surface area contributed by atoms with Gasteiger partial charge < -0.3 is 14.6 Å². The standard InChI is InChI=1S/C22H32N6OSi/c1-5-18(12-24-13-22(7-8-23)14-25-15-22)20-19-6-9-28(21(19)27-16-26-20)17-29-10-11-30(2,3)4/h5-6,9,12,16,25H,7,10-11,13-15,17H2,1-4H3/b18-5+,24-12?. The molecule has 2 aromatic rings. The minimum absolute atomic E-state index is 0.0261. The third kappa shape index (κ3) is 5.42. The number of rotatable bonds is 10. The van der Waals surface area contributed by atoms with E-state index in [1.807, 2.05) is 36.0 Å². The van der Waals surface area contributed by atoms with E-state index < -0.39 is 8.07 Å². The van der Waals surface area contributed by atoms with Crippen molar-refractivity contribution in [3.8, 4) is 6.07 Å². The van der Waals surface area contributed by atoms with Crippen molar-refractivity contribution in [2.75, 3.05) is 26.2 Å². The minimum atomic E-state index is -1.10. The van der Waals surface area contributed by atoms with Crippen molar-refractivity contribution in [3.05, 3.63) is 30.4 Å². The SMILES string of the molecule is C/C=C(\C=NCC1(CC#N)CNC1)c1ncnc2c1ccn2COCC[Si](C)(C)C.